The van der Waals surface area contributed by atoms with Crippen molar-refractivity contribution >= 4 is 34.0 Å². The van der Waals surface area contributed by atoms with Gasteiger partial charge in [-0.1, -0.05) is 48.0 Å². The molecular formula is C23H18ClNO3. The van der Waals surface area contributed by atoms with Crippen molar-refractivity contribution in [2.45, 2.75) is 13.5 Å². The molecule has 0 radical (unpaired) electrons. The van der Waals surface area contributed by atoms with Gasteiger partial charge in [-0.2, -0.15) is 0 Å². The van der Waals surface area contributed by atoms with E-state index in [0.717, 1.165) is 22.1 Å². The topological polar surface area (TPSA) is 51.5 Å². The van der Waals surface area contributed by atoms with Gasteiger partial charge in [0.2, 0.25) is 0 Å². The number of carbonyl (C=O) groups is 1. The van der Waals surface area contributed by atoms with E-state index in [1.54, 1.807) is 24.3 Å². The summed E-state index contributed by atoms with van der Waals surface area (Å²) in [6.07, 6.45) is 0. The van der Waals surface area contributed by atoms with E-state index in [1.807, 2.05) is 49.4 Å². The zero-order chi connectivity index (χ0) is 19.5. The van der Waals surface area contributed by atoms with E-state index >= 15 is 0 Å². The second-order valence-electron chi connectivity index (χ2n) is 6.48. The number of aryl methyl sites for hydroxylation is 1. The number of hydrogen-bond acceptors (Lipinski definition) is 3. The van der Waals surface area contributed by atoms with Gasteiger partial charge in [0.1, 0.15) is 18.1 Å². The Labute approximate surface area is 167 Å². The normalized spacial score (nSPS) is 10.8. The van der Waals surface area contributed by atoms with Crippen molar-refractivity contribution in [2.24, 2.45) is 0 Å². The molecule has 0 atom stereocenters. The molecule has 0 aliphatic rings. The Morgan fingerprint density at radius 3 is 2.68 bits per heavy atom. The maximum absolute atomic E-state index is 12.4. The molecule has 0 aliphatic carbocycles. The van der Waals surface area contributed by atoms with Gasteiger partial charge in [0.05, 0.1) is 0 Å². The van der Waals surface area contributed by atoms with Crippen LogP contribution in [0.25, 0.3) is 10.8 Å². The Bertz CT molecular complexity index is 1150. The molecule has 140 valence electrons. The summed E-state index contributed by atoms with van der Waals surface area (Å²) in [6, 6.07) is 22.7. The lowest BCUT2D eigenvalue weighted by Gasteiger charge is -2.07. The van der Waals surface area contributed by atoms with E-state index in [1.165, 1.54) is 0 Å². The minimum Gasteiger partial charge on any atom is -0.486 e. The zero-order valence-corrected chi connectivity index (χ0v) is 16.0. The van der Waals surface area contributed by atoms with Gasteiger partial charge in [0.15, 0.2) is 5.76 Å². The number of amides is 1. The molecule has 0 aliphatic heterocycles. The number of benzene rings is 3. The Morgan fingerprint density at radius 2 is 1.82 bits per heavy atom. The van der Waals surface area contributed by atoms with E-state index < -0.39 is 0 Å². The molecule has 0 fully saturated rings. The predicted molar refractivity (Wildman–Crippen MR) is 111 cm³/mol. The Hall–Kier alpha value is -3.24. The van der Waals surface area contributed by atoms with Crippen molar-refractivity contribution in [3.05, 3.63) is 94.9 Å². The molecule has 1 aromatic heterocycles. The Balaban J connectivity index is 1.42. The van der Waals surface area contributed by atoms with Crippen LogP contribution in [0.1, 0.15) is 21.9 Å². The standard InChI is InChI=1S/C23H18ClNO3/c1-15-6-8-18(24)13-21(15)25-23(26)22-11-10-20(28-22)14-27-19-9-7-16-4-2-3-5-17(16)12-19/h2-13H,14H2,1H3,(H,25,26). The molecule has 1 amide bonds. The molecule has 0 saturated carbocycles. The third kappa shape index (κ3) is 4.02. The van der Waals surface area contributed by atoms with Crippen molar-refractivity contribution in [3.8, 4) is 5.75 Å². The van der Waals surface area contributed by atoms with Crippen LogP contribution in [-0.4, -0.2) is 5.91 Å². The molecule has 28 heavy (non-hydrogen) atoms. The maximum atomic E-state index is 12.4. The van der Waals surface area contributed by atoms with Gasteiger partial charge in [-0.3, -0.25) is 4.79 Å². The number of furan rings is 1. The van der Waals surface area contributed by atoms with Crippen LogP contribution in [0.2, 0.25) is 5.02 Å². The van der Waals surface area contributed by atoms with Gasteiger partial charge in [-0.25, -0.2) is 0 Å². The van der Waals surface area contributed by atoms with Crippen molar-refractivity contribution in [1.29, 1.82) is 0 Å². The third-order valence-corrected chi connectivity index (χ3v) is 4.67. The molecule has 5 heteroatoms. The first kappa shape index (κ1) is 18.1. The summed E-state index contributed by atoms with van der Waals surface area (Å²) in [5, 5.41) is 5.64. The highest BCUT2D eigenvalue weighted by Gasteiger charge is 2.13. The molecule has 0 spiro atoms. The molecular weight excluding hydrogens is 374 g/mol. The zero-order valence-electron chi connectivity index (χ0n) is 15.2. The van der Waals surface area contributed by atoms with E-state index in [2.05, 4.69) is 11.4 Å². The smallest absolute Gasteiger partial charge is 0.291 e. The summed E-state index contributed by atoms with van der Waals surface area (Å²) < 4.78 is 11.4. The minimum absolute atomic E-state index is 0.219. The lowest BCUT2D eigenvalue weighted by Crippen LogP contribution is -2.11. The van der Waals surface area contributed by atoms with Crippen molar-refractivity contribution < 1.29 is 13.9 Å². The summed E-state index contributed by atoms with van der Waals surface area (Å²) in [5.74, 6) is 1.20. The van der Waals surface area contributed by atoms with Crippen molar-refractivity contribution in [2.75, 3.05) is 5.32 Å². The fourth-order valence-electron chi connectivity index (χ4n) is 2.90. The SMILES string of the molecule is Cc1ccc(Cl)cc1NC(=O)c1ccc(COc2ccc3ccccc3c2)o1. The quantitative estimate of drug-likeness (QED) is 0.439. The first-order chi connectivity index (χ1) is 13.6. The molecule has 4 nitrogen and oxygen atoms in total. The maximum Gasteiger partial charge on any atom is 0.291 e. The van der Waals surface area contributed by atoms with Gasteiger partial charge in [0.25, 0.3) is 5.91 Å². The molecule has 0 saturated heterocycles. The number of anilines is 1. The van der Waals surface area contributed by atoms with Crippen LogP contribution in [0, 0.1) is 6.92 Å². The number of halogens is 1. The molecule has 1 heterocycles. The summed E-state index contributed by atoms with van der Waals surface area (Å²) in [6.45, 7) is 2.14. The molecule has 0 unspecified atom stereocenters. The largest absolute Gasteiger partial charge is 0.486 e. The van der Waals surface area contributed by atoms with Gasteiger partial charge < -0.3 is 14.5 Å². The van der Waals surface area contributed by atoms with Crippen LogP contribution >= 0.6 is 11.6 Å². The number of nitrogens with one attached hydrogen (secondary N) is 1. The molecule has 4 aromatic rings. The number of carbonyl (C=O) groups excluding carboxylic acids is 1. The van der Waals surface area contributed by atoms with Crippen LogP contribution in [0.3, 0.4) is 0 Å². The van der Waals surface area contributed by atoms with E-state index in [-0.39, 0.29) is 18.3 Å². The minimum atomic E-state index is -0.331. The highest BCUT2D eigenvalue weighted by Crippen LogP contribution is 2.23. The second kappa shape index (κ2) is 7.79. The third-order valence-electron chi connectivity index (χ3n) is 4.44. The lowest BCUT2D eigenvalue weighted by molar-refractivity contribution is 0.0992. The average molecular weight is 392 g/mol. The van der Waals surface area contributed by atoms with Crippen molar-refractivity contribution in [3.63, 3.8) is 0 Å². The lowest BCUT2D eigenvalue weighted by atomic mass is 10.1. The van der Waals surface area contributed by atoms with E-state index in [9.17, 15) is 4.79 Å². The summed E-state index contributed by atoms with van der Waals surface area (Å²) in [5.41, 5.74) is 1.58. The number of fused-ring (bicyclic) bond motifs is 1. The number of rotatable bonds is 5. The number of hydrogen-bond donors (Lipinski definition) is 1. The summed E-state index contributed by atoms with van der Waals surface area (Å²) in [7, 11) is 0. The van der Waals surface area contributed by atoms with Crippen LogP contribution in [0.5, 0.6) is 5.75 Å². The highest BCUT2D eigenvalue weighted by atomic mass is 35.5. The monoisotopic (exact) mass is 391 g/mol. The van der Waals surface area contributed by atoms with E-state index in [4.69, 9.17) is 20.8 Å². The van der Waals surface area contributed by atoms with Crippen LogP contribution in [0.15, 0.2) is 77.2 Å². The molecule has 3 aromatic carbocycles. The van der Waals surface area contributed by atoms with Gasteiger partial charge in [-0.15, -0.1) is 0 Å². The average Bonchev–Trinajstić information content (AvgIpc) is 3.18. The summed E-state index contributed by atoms with van der Waals surface area (Å²) >= 11 is 5.99. The van der Waals surface area contributed by atoms with E-state index in [0.29, 0.717) is 16.5 Å². The first-order valence-electron chi connectivity index (χ1n) is 8.86. The molecule has 1 N–H and O–H groups in total. The summed E-state index contributed by atoms with van der Waals surface area (Å²) in [4.78, 5) is 12.4. The fourth-order valence-corrected chi connectivity index (χ4v) is 3.07. The Kier molecular flexibility index (Phi) is 5.04. The van der Waals surface area contributed by atoms with Crippen LogP contribution < -0.4 is 10.1 Å². The van der Waals surface area contributed by atoms with Gasteiger partial charge in [0, 0.05) is 10.7 Å². The van der Waals surface area contributed by atoms with Crippen molar-refractivity contribution in [1.82, 2.24) is 0 Å². The van der Waals surface area contributed by atoms with Gasteiger partial charge >= 0.3 is 0 Å². The fraction of sp³-hybridized carbons (Fsp3) is 0.0870. The molecule has 4 rings (SSSR count). The van der Waals surface area contributed by atoms with Crippen LogP contribution in [-0.2, 0) is 6.61 Å². The Morgan fingerprint density at radius 1 is 1.00 bits per heavy atom. The highest BCUT2D eigenvalue weighted by molar-refractivity contribution is 6.31. The second-order valence-corrected chi connectivity index (χ2v) is 6.91. The van der Waals surface area contributed by atoms with Crippen LogP contribution in [0.4, 0.5) is 5.69 Å². The predicted octanol–water partition coefficient (Wildman–Crippen LogP) is 6.23. The number of ether oxygens (including phenoxy) is 1. The molecule has 0 bridgehead atoms. The van der Waals surface area contributed by atoms with Gasteiger partial charge in [-0.05, 0) is 59.7 Å². The first-order valence-corrected chi connectivity index (χ1v) is 9.24.